The zero-order valence-corrected chi connectivity index (χ0v) is 8.35. The highest BCUT2D eigenvalue weighted by Gasteiger charge is 2.27. The van der Waals surface area contributed by atoms with Crippen molar-refractivity contribution in [2.24, 2.45) is 0 Å². The Kier molecular flexibility index (Phi) is 3.55. The maximum Gasteiger partial charge on any atom is 0.335 e. The Morgan fingerprint density at radius 3 is 2.59 bits per heavy atom. The van der Waals surface area contributed by atoms with E-state index in [9.17, 15) is 20.0 Å². The van der Waals surface area contributed by atoms with Gasteiger partial charge >= 0.3 is 11.7 Å². The molecule has 0 aliphatic rings. The third kappa shape index (κ3) is 2.65. The Labute approximate surface area is 94.3 Å². The van der Waals surface area contributed by atoms with Crippen LogP contribution in [0.15, 0.2) is 12.3 Å². The van der Waals surface area contributed by atoms with Crippen LogP contribution in [0, 0.1) is 10.1 Å². The van der Waals surface area contributed by atoms with Crippen molar-refractivity contribution in [1.29, 1.82) is 0 Å². The fourth-order valence-corrected chi connectivity index (χ4v) is 1.10. The molecule has 0 amide bonds. The van der Waals surface area contributed by atoms with Crippen molar-refractivity contribution in [3.8, 4) is 0 Å². The smallest absolute Gasteiger partial charge is 0.335 e. The lowest BCUT2D eigenvalue weighted by molar-refractivity contribution is -0.384. The number of aromatic nitrogens is 1. The molecule has 2 unspecified atom stereocenters. The summed E-state index contributed by atoms with van der Waals surface area (Å²) in [5, 5.41) is 37.5. The van der Waals surface area contributed by atoms with Crippen LogP contribution in [-0.4, -0.2) is 37.3 Å². The number of aliphatic hydroxyl groups is 2. The number of nitrogens with zero attached hydrogens (tertiary/aromatic N) is 2. The summed E-state index contributed by atoms with van der Waals surface area (Å²) in [6.45, 7) is 0. The summed E-state index contributed by atoms with van der Waals surface area (Å²) in [5.74, 6) is -2.02. The first-order valence-electron chi connectivity index (χ1n) is 4.33. The fraction of sp³-hybridized carbons (Fsp3) is 0.250. The largest absolute Gasteiger partial charge is 0.479 e. The number of rotatable bonds is 4. The molecule has 92 valence electrons. The second-order valence-electron chi connectivity index (χ2n) is 3.16. The van der Waals surface area contributed by atoms with Gasteiger partial charge in [0.2, 0.25) is 5.82 Å². The molecule has 0 aromatic carbocycles. The van der Waals surface area contributed by atoms with Crippen LogP contribution < -0.4 is 5.73 Å². The van der Waals surface area contributed by atoms with Crippen LogP contribution in [0.1, 0.15) is 11.7 Å². The van der Waals surface area contributed by atoms with Crippen LogP contribution in [0.3, 0.4) is 0 Å². The Hall–Kier alpha value is -2.26. The summed E-state index contributed by atoms with van der Waals surface area (Å²) in [5.41, 5.74) is 4.44. The minimum Gasteiger partial charge on any atom is -0.479 e. The maximum atomic E-state index is 10.5. The van der Waals surface area contributed by atoms with Crippen molar-refractivity contribution in [2.45, 2.75) is 12.2 Å². The van der Waals surface area contributed by atoms with E-state index in [1.54, 1.807) is 0 Å². The lowest BCUT2D eigenvalue weighted by Crippen LogP contribution is -2.27. The van der Waals surface area contributed by atoms with Gasteiger partial charge in [0, 0.05) is 17.8 Å². The fourth-order valence-electron chi connectivity index (χ4n) is 1.10. The molecule has 0 radical (unpaired) electrons. The predicted molar refractivity (Wildman–Crippen MR) is 53.9 cm³/mol. The molecular weight excluding hydrogens is 234 g/mol. The van der Waals surface area contributed by atoms with E-state index in [0.29, 0.717) is 0 Å². The lowest BCUT2D eigenvalue weighted by Gasteiger charge is -2.13. The van der Waals surface area contributed by atoms with Gasteiger partial charge in [0.05, 0.1) is 4.92 Å². The summed E-state index contributed by atoms with van der Waals surface area (Å²) in [4.78, 5) is 23.5. The van der Waals surface area contributed by atoms with Crippen LogP contribution in [0.25, 0.3) is 0 Å². The highest BCUT2D eigenvalue weighted by atomic mass is 16.6. The molecule has 9 heteroatoms. The van der Waals surface area contributed by atoms with Gasteiger partial charge in [-0.25, -0.2) is 9.78 Å². The molecule has 9 nitrogen and oxygen atoms in total. The van der Waals surface area contributed by atoms with Crippen molar-refractivity contribution in [3.63, 3.8) is 0 Å². The first kappa shape index (κ1) is 12.8. The molecule has 0 saturated heterocycles. The van der Waals surface area contributed by atoms with E-state index in [1.807, 2.05) is 0 Å². The van der Waals surface area contributed by atoms with Gasteiger partial charge in [0.25, 0.3) is 0 Å². The van der Waals surface area contributed by atoms with E-state index in [-0.39, 0.29) is 11.4 Å². The second-order valence-corrected chi connectivity index (χ2v) is 3.16. The van der Waals surface area contributed by atoms with E-state index < -0.39 is 28.8 Å². The second kappa shape index (κ2) is 4.72. The molecule has 0 aliphatic heterocycles. The van der Waals surface area contributed by atoms with Gasteiger partial charge < -0.3 is 21.1 Å². The monoisotopic (exact) mass is 243 g/mol. The standard InChI is InChI=1S/C8H9N3O6/c9-7-4(11(16)17)1-3(2-10-7)5(12)6(13)8(14)15/h1-2,5-6,12-13H,(H2,9,10)(H,14,15). The molecular formula is C8H9N3O6. The van der Waals surface area contributed by atoms with Gasteiger partial charge in [-0.3, -0.25) is 10.1 Å². The molecule has 1 aromatic heterocycles. The number of carboxylic acid groups (broad SMARTS) is 1. The summed E-state index contributed by atoms with van der Waals surface area (Å²) in [6, 6.07) is 0.860. The van der Waals surface area contributed by atoms with E-state index in [4.69, 9.17) is 15.9 Å². The van der Waals surface area contributed by atoms with Crippen molar-refractivity contribution < 1.29 is 25.0 Å². The Balaban J connectivity index is 3.11. The van der Waals surface area contributed by atoms with E-state index in [2.05, 4.69) is 4.98 Å². The normalized spacial score (nSPS) is 14.0. The minimum atomic E-state index is -2.10. The van der Waals surface area contributed by atoms with Crippen molar-refractivity contribution in [2.75, 3.05) is 5.73 Å². The highest BCUT2D eigenvalue weighted by Crippen LogP contribution is 2.24. The lowest BCUT2D eigenvalue weighted by atomic mass is 10.1. The summed E-state index contributed by atoms with van der Waals surface area (Å²) < 4.78 is 0. The molecule has 1 rings (SSSR count). The molecule has 2 atom stereocenters. The van der Waals surface area contributed by atoms with Crippen LogP contribution in [-0.2, 0) is 4.79 Å². The van der Waals surface area contributed by atoms with E-state index >= 15 is 0 Å². The summed E-state index contributed by atoms with van der Waals surface area (Å²) in [7, 11) is 0. The number of hydrogen-bond donors (Lipinski definition) is 4. The Morgan fingerprint density at radius 1 is 1.53 bits per heavy atom. The number of aliphatic carboxylic acids is 1. The predicted octanol–water partition coefficient (Wildman–Crippen LogP) is -0.949. The number of nitrogen functional groups attached to an aromatic ring is 1. The number of aliphatic hydroxyl groups excluding tert-OH is 2. The quantitative estimate of drug-likeness (QED) is 0.389. The van der Waals surface area contributed by atoms with Crippen LogP contribution in [0.5, 0.6) is 0 Å². The molecule has 0 saturated carbocycles. The van der Waals surface area contributed by atoms with Gasteiger partial charge in [0.1, 0.15) is 6.10 Å². The molecule has 0 bridgehead atoms. The third-order valence-electron chi connectivity index (χ3n) is 2.01. The zero-order chi connectivity index (χ0) is 13.2. The number of nitrogens with two attached hydrogens (primary N) is 1. The molecule has 0 spiro atoms. The van der Waals surface area contributed by atoms with Gasteiger partial charge in [-0.05, 0) is 0 Å². The van der Waals surface area contributed by atoms with Crippen LogP contribution in [0.2, 0.25) is 0 Å². The van der Waals surface area contributed by atoms with E-state index in [0.717, 1.165) is 12.3 Å². The average Bonchev–Trinajstić information content (AvgIpc) is 2.27. The number of carbonyl (C=O) groups is 1. The topological polar surface area (TPSA) is 160 Å². The van der Waals surface area contributed by atoms with Gasteiger partial charge in [-0.15, -0.1) is 0 Å². The zero-order valence-electron chi connectivity index (χ0n) is 8.35. The Morgan fingerprint density at radius 2 is 2.12 bits per heavy atom. The van der Waals surface area contributed by atoms with Crippen LogP contribution in [0.4, 0.5) is 11.5 Å². The summed E-state index contributed by atoms with van der Waals surface area (Å²) in [6.07, 6.45) is -2.96. The van der Waals surface area contributed by atoms with Crippen LogP contribution >= 0.6 is 0 Å². The SMILES string of the molecule is Nc1ncc(C(O)C(O)C(=O)O)cc1[N+](=O)[O-]. The molecule has 1 heterocycles. The summed E-state index contributed by atoms with van der Waals surface area (Å²) >= 11 is 0. The first-order chi connectivity index (χ1) is 7.84. The van der Waals surface area contributed by atoms with Gasteiger partial charge in [-0.2, -0.15) is 0 Å². The molecule has 0 fully saturated rings. The number of hydrogen-bond acceptors (Lipinski definition) is 7. The van der Waals surface area contributed by atoms with Gasteiger partial charge in [0.15, 0.2) is 6.10 Å². The van der Waals surface area contributed by atoms with E-state index in [1.165, 1.54) is 0 Å². The Bertz CT molecular complexity index is 463. The molecule has 17 heavy (non-hydrogen) atoms. The highest BCUT2D eigenvalue weighted by molar-refractivity contribution is 5.73. The third-order valence-corrected chi connectivity index (χ3v) is 2.01. The maximum absolute atomic E-state index is 10.5. The minimum absolute atomic E-state index is 0.208. The number of pyridine rings is 1. The van der Waals surface area contributed by atoms with Crippen molar-refractivity contribution >= 4 is 17.5 Å². The van der Waals surface area contributed by atoms with Crippen molar-refractivity contribution in [3.05, 3.63) is 27.9 Å². The molecule has 0 aliphatic carbocycles. The molecule has 1 aromatic rings. The van der Waals surface area contributed by atoms with Crippen molar-refractivity contribution in [1.82, 2.24) is 4.98 Å². The average molecular weight is 243 g/mol. The number of carboxylic acids is 1. The van der Waals surface area contributed by atoms with Gasteiger partial charge in [-0.1, -0.05) is 0 Å². The number of anilines is 1. The number of nitro groups is 1. The first-order valence-corrected chi connectivity index (χ1v) is 4.33. The molecule has 5 N–H and O–H groups in total.